The molecule has 1 saturated heterocycles. The van der Waals surface area contributed by atoms with E-state index >= 15 is 0 Å². The molecule has 0 radical (unpaired) electrons. The van der Waals surface area contributed by atoms with E-state index in [2.05, 4.69) is 11.8 Å². The second-order valence-electron chi connectivity index (χ2n) is 10.5. The zero-order valence-electron chi connectivity index (χ0n) is 22.0. The number of phenolic OH excluding ortho intramolecular Hbond substituents is 1. The molecule has 1 fully saturated rings. The number of benzene rings is 3. The average molecular weight is 538 g/mol. The number of piperidine rings is 1. The lowest BCUT2D eigenvalue weighted by Crippen LogP contribution is -2.45. The Kier molecular flexibility index (Phi) is 7.96. The number of hydrogen-bond donors (Lipinski definition) is 2. The minimum atomic E-state index is -4.36. The quantitative estimate of drug-likeness (QED) is 0.349. The van der Waals surface area contributed by atoms with Crippen molar-refractivity contribution < 1.29 is 23.4 Å². The second-order valence-corrected chi connectivity index (χ2v) is 10.5. The van der Waals surface area contributed by atoms with Crippen LogP contribution in [0.1, 0.15) is 49.1 Å². The number of fused-ring (bicyclic) bond motifs is 1. The van der Waals surface area contributed by atoms with Crippen LogP contribution < -0.4 is 0 Å². The number of aliphatic hydroxyl groups excluding tert-OH is 1. The fourth-order valence-corrected chi connectivity index (χ4v) is 5.60. The topological polar surface area (TPSA) is 59.3 Å². The van der Waals surface area contributed by atoms with Gasteiger partial charge >= 0.3 is 6.18 Å². The first-order chi connectivity index (χ1) is 18.7. The summed E-state index contributed by atoms with van der Waals surface area (Å²) in [6.45, 7) is 5.87. The van der Waals surface area contributed by atoms with Crippen molar-refractivity contribution in [3.8, 4) is 16.9 Å². The summed E-state index contributed by atoms with van der Waals surface area (Å²) in [5.74, 6) is 1.33. The number of rotatable bonds is 7. The number of aliphatic imine (C=N–C) groups is 1. The van der Waals surface area contributed by atoms with Gasteiger partial charge in [-0.2, -0.15) is 13.2 Å². The molecule has 206 valence electrons. The van der Waals surface area contributed by atoms with Crippen LogP contribution in [0, 0.1) is 5.92 Å². The van der Waals surface area contributed by atoms with E-state index in [1.165, 1.54) is 12.1 Å². The first kappa shape index (κ1) is 27.2. The molecular weight excluding hydrogens is 503 g/mol. The molecule has 2 N–H and O–H groups in total. The molecule has 2 unspecified atom stereocenters. The molecule has 2 heterocycles. The third-order valence-electron chi connectivity index (χ3n) is 7.81. The van der Waals surface area contributed by atoms with Crippen LogP contribution in [0.3, 0.4) is 0 Å². The number of alkyl halides is 3. The molecule has 0 aromatic heterocycles. The van der Waals surface area contributed by atoms with Gasteiger partial charge in [-0.25, -0.2) is 4.99 Å². The summed E-state index contributed by atoms with van der Waals surface area (Å²) in [7, 11) is 0. The van der Waals surface area contributed by atoms with Crippen LogP contribution >= 0.6 is 0 Å². The Labute approximate surface area is 227 Å². The fourth-order valence-electron chi connectivity index (χ4n) is 5.60. The Morgan fingerprint density at radius 2 is 1.67 bits per heavy atom. The molecule has 0 aliphatic carbocycles. The number of halogens is 3. The number of amidine groups is 1. The number of aliphatic hydroxyl groups is 1. The Balaban J connectivity index is 1.42. The van der Waals surface area contributed by atoms with Crippen molar-refractivity contribution in [3.63, 3.8) is 0 Å². The summed E-state index contributed by atoms with van der Waals surface area (Å²) in [6, 6.07) is 18.0. The molecule has 2 atom stereocenters. The Morgan fingerprint density at radius 3 is 2.36 bits per heavy atom. The van der Waals surface area contributed by atoms with Crippen LogP contribution in [-0.4, -0.2) is 52.0 Å². The molecule has 0 bridgehead atoms. The smallest absolute Gasteiger partial charge is 0.416 e. The summed E-state index contributed by atoms with van der Waals surface area (Å²) in [5, 5.41) is 21.3. The molecule has 0 saturated carbocycles. The number of aryl methyl sites for hydroxylation is 1. The third kappa shape index (κ3) is 6.28. The van der Waals surface area contributed by atoms with Crippen molar-refractivity contribution in [1.82, 2.24) is 9.80 Å². The van der Waals surface area contributed by atoms with Crippen LogP contribution in [0.2, 0.25) is 0 Å². The maximum atomic E-state index is 13.0. The van der Waals surface area contributed by atoms with E-state index in [-0.39, 0.29) is 5.75 Å². The monoisotopic (exact) mass is 537 g/mol. The van der Waals surface area contributed by atoms with Gasteiger partial charge in [0.1, 0.15) is 11.6 Å². The van der Waals surface area contributed by atoms with Crippen molar-refractivity contribution in [2.75, 3.05) is 26.2 Å². The lowest BCUT2D eigenvalue weighted by atomic mass is 9.95. The van der Waals surface area contributed by atoms with Gasteiger partial charge in [0.2, 0.25) is 0 Å². The van der Waals surface area contributed by atoms with E-state index in [0.717, 1.165) is 72.7 Å². The maximum Gasteiger partial charge on any atom is 0.416 e. The van der Waals surface area contributed by atoms with Crippen molar-refractivity contribution in [2.24, 2.45) is 10.9 Å². The zero-order chi connectivity index (χ0) is 27.6. The minimum Gasteiger partial charge on any atom is -0.508 e. The lowest BCUT2D eigenvalue weighted by molar-refractivity contribution is -0.137. The number of hydrogen-bond acceptors (Lipinski definition) is 5. The van der Waals surface area contributed by atoms with Crippen molar-refractivity contribution in [2.45, 2.75) is 45.0 Å². The standard InChI is InChI=1S/C31H34F3N3O2/c1-2-36-17-3-4-22(19-36)20-37-29(16-7-21-5-11-25(12-6-21)31(32,33)34)35-28-15-10-24(18-27(28)30(37)39)23-8-13-26(38)14-9-23/h5-6,8-15,18,22,30,38-39H,2-4,7,16-17,19-20H2,1H3. The summed E-state index contributed by atoms with van der Waals surface area (Å²) >= 11 is 0. The molecule has 0 spiro atoms. The summed E-state index contributed by atoms with van der Waals surface area (Å²) in [6.07, 6.45) is -2.02. The van der Waals surface area contributed by atoms with E-state index in [4.69, 9.17) is 4.99 Å². The van der Waals surface area contributed by atoms with Crippen molar-refractivity contribution in [1.29, 1.82) is 0 Å². The highest BCUT2D eigenvalue weighted by molar-refractivity contribution is 5.88. The van der Waals surface area contributed by atoms with Crippen molar-refractivity contribution >= 4 is 11.5 Å². The highest BCUT2D eigenvalue weighted by Crippen LogP contribution is 2.38. The van der Waals surface area contributed by atoms with Crippen LogP contribution in [-0.2, 0) is 12.6 Å². The third-order valence-corrected chi connectivity index (χ3v) is 7.81. The summed E-state index contributed by atoms with van der Waals surface area (Å²) in [5.41, 5.74) is 3.41. The number of nitrogens with zero attached hydrogens (tertiary/aromatic N) is 3. The van der Waals surface area contributed by atoms with Crippen molar-refractivity contribution in [3.05, 3.63) is 83.4 Å². The van der Waals surface area contributed by atoms with Gasteiger partial charge in [0.05, 0.1) is 11.3 Å². The Bertz CT molecular complexity index is 1310. The van der Waals surface area contributed by atoms with Gasteiger partial charge in [-0.15, -0.1) is 0 Å². The largest absolute Gasteiger partial charge is 0.508 e. The number of likely N-dealkylation sites (tertiary alicyclic amines) is 1. The second kappa shape index (κ2) is 11.4. The Hall–Kier alpha value is -3.36. The van der Waals surface area contributed by atoms with Gasteiger partial charge in [-0.1, -0.05) is 37.3 Å². The summed E-state index contributed by atoms with van der Waals surface area (Å²) in [4.78, 5) is 9.37. The number of aromatic hydroxyl groups is 1. The molecule has 2 aliphatic heterocycles. The van der Waals surface area contributed by atoms with Gasteiger partial charge in [0.25, 0.3) is 0 Å². The summed E-state index contributed by atoms with van der Waals surface area (Å²) < 4.78 is 39.0. The molecular formula is C31H34F3N3O2. The molecule has 8 heteroatoms. The molecule has 5 rings (SSSR count). The molecule has 5 nitrogen and oxygen atoms in total. The SMILES string of the molecule is CCN1CCCC(CN2C(CCc3ccc(C(F)(F)F)cc3)=Nc3ccc(-c4ccc(O)cc4)cc3C2O)C1. The molecule has 0 amide bonds. The highest BCUT2D eigenvalue weighted by Gasteiger charge is 2.32. The van der Waals surface area contributed by atoms with Gasteiger partial charge in [0, 0.05) is 25.1 Å². The fraction of sp³-hybridized carbons (Fsp3) is 0.387. The van der Waals surface area contributed by atoms with Crippen LogP contribution in [0.25, 0.3) is 11.1 Å². The van der Waals surface area contributed by atoms with E-state index in [9.17, 15) is 23.4 Å². The van der Waals surface area contributed by atoms with Crippen LogP contribution in [0.4, 0.5) is 18.9 Å². The van der Waals surface area contributed by atoms with E-state index in [1.54, 1.807) is 12.1 Å². The first-order valence-electron chi connectivity index (χ1n) is 13.6. The van der Waals surface area contributed by atoms with Gasteiger partial charge < -0.3 is 20.0 Å². The van der Waals surface area contributed by atoms with Crippen LogP contribution in [0.5, 0.6) is 5.75 Å². The predicted molar refractivity (Wildman–Crippen MR) is 147 cm³/mol. The van der Waals surface area contributed by atoms with E-state index in [0.29, 0.717) is 31.0 Å². The normalized spacial score (nSPS) is 20.0. The minimum absolute atomic E-state index is 0.193. The molecule has 3 aromatic rings. The van der Waals surface area contributed by atoms with Gasteiger partial charge in [0.15, 0.2) is 6.23 Å². The van der Waals surface area contributed by atoms with E-state index < -0.39 is 18.0 Å². The lowest BCUT2D eigenvalue weighted by Gasteiger charge is -2.40. The molecule has 39 heavy (non-hydrogen) atoms. The van der Waals surface area contributed by atoms with Gasteiger partial charge in [-0.05, 0) is 91.4 Å². The highest BCUT2D eigenvalue weighted by atomic mass is 19.4. The van der Waals surface area contributed by atoms with Crippen LogP contribution in [0.15, 0.2) is 71.7 Å². The van der Waals surface area contributed by atoms with Gasteiger partial charge in [-0.3, -0.25) is 0 Å². The first-order valence-corrected chi connectivity index (χ1v) is 13.6. The maximum absolute atomic E-state index is 13.0. The van der Waals surface area contributed by atoms with E-state index in [1.807, 2.05) is 35.2 Å². The Morgan fingerprint density at radius 1 is 0.949 bits per heavy atom. The zero-order valence-corrected chi connectivity index (χ0v) is 22.0. The average Bonchev–Trinajstić information content (AvgIpc) is 2.94. The number of phenols is 1. The predicted octanol–water partition coefficient (Wildman–Crippen LogP) is 6.78. The molecule has 3 aromatic carbocycles. The molecule has 2 aliphatic rings.